The molecule has 0 aliphatic carbocycles. The van der Waals surface area contributed by atoms with Gasteiger partial charge in [0.05, 0.1) is 12.7 Å². The number of methoxy groups -OCH3 is 1. The molecular formula is C15H23NO3. The second kappa shape index (κ2) is 7.67. The van der Waals surface area contributed by atoms with E-state index in [0.717, 1.165) is 19.3 Å². The molecule has 106 valence electrons. The van der Waals surface area contributed by atoms with Crippen molar-refractivity contribution in [2.24, 2.45) is 0 Å². The number of aromatic hydroxyl groups is 1. The van der Waals surface area contributed by atoms with Crippen molar-refractivity contribution in [2.75, 3.05) is 7.11 Å². The molecule has 2 N–H and O–H groups in total. The quantitative estimate of drug-likeness (QED) is 0.745. The predicted molar refractivity (Wildman–Crippen MR) is 75.7 cm³/mol. The summed E-state index contributed by atoms with van der Waals surface area (Å²) < 4.78 is 5.05. The molecule has 0 aliphatic rings. The molecule has 1 rings (SSSR count). The maximum absolute atomic E-state index is 12.1. The van der Waals surface area contributed by atoms with Crippen molar-refractivity contribution in [1.29, 1.82) is 0 Å². The Morgan fingerprint density at radius 1 is 1.42 bits per heavy atom. The summed E-state index contributed by atoms with van der Waals surface area (Å²) in [6.07, 6.45) is 4.38. The van der Waals surface area contributed by atoms with E-state index in [0.29, 0.717) is 5.75 Å². The summed E-state index contributed by atoms with van der Waals surface area (Å²) in [5.41, 5.74) is 0.252. The second-order valence-corrected chi connectivity index (χ2v) is 4.75. The highest BCUT2D eigenvalue weighted by molar-refractivity contribution is 5.97. The molecule has 4 heteroatoms. The molecule has 0 radical (unpaired) electrons. The van der Waals surface area contributed by atoms with Crippen molar-refractivity contribution >= 4 is 5.91 Å². The Balaban J connectivity index is 2.62. The Bertz CT molecular complexity index is 418. The van der Waals surface area contributed by atoms with Gasteiger partial charge in [-0.15, -0.1) is 0 Å². The molecule has 1 aromatic carbocycles. The van der Waals surface area contributed by atoms with Crippen LogP contribution in [0.15, 0.2) is 18.2 Å². The summed E-state index contributed by atoms with van der Waals surface area (Å²) in [7, 11) is 1.53. The van der Waals surface area contributed by atoms with E-state index in [2.05, 4.69) is 12.2 Å². The minimum absolute atomic E-state index is 0.0286. The maximum atomic E-state index is 12.1. The van der Waals surface area contributed by atoms with Crippen molar-refractivity contribution in [3.05, 3.63) is 23.8 Å². The van der Waals surface area contributed by atoms with Crippen molar-refractivity contribution in [3.8, 4) is 11.5 Å². The summed E-state index contributed by atoms with van der Waals surface area (Å²) in [5, 5.41) is 12.6. The Hall–Kier alpha value is -1.71. The number of phenols is 1. The zero-order chi connectivity index (χ0) is 14.3. The number of amides is 1. The van der Waals surface area contributed by atoms with Gasteiger partial charge in [-0.2, -0.15) is 0 Å². The first kappa shape index (κ1) is 15.3. The van der Waals surface area contributed by atoms with Gasteiger partial charge < -0.3 is 15.2 Å². The van der Waals surface area contributed by atoms with Crippen LogP contribution in [0.2, 0.25) is 0 Å². The fourth-order valence-electron chi connectivity index (χ4n) is 1.90. The minimum atomic E-state index is -0.264. The highest BCUT2D eigenvalue weighted by Gasteiger charge is 2.14. The van der Waals surface area contributed by atoms with Crippen molar-refractivity contribution in [3.63, 3.8) is 0 Å². The van der Waals surface area contributed by atoms with E-state index < -0.39 is 0 Å². The molecule has 0 aromatic heterocycles. The molecule has 0 saturated heterocycles. The van der Waals surface area contributed by atoms with Gasteiger partial charge in [-0.25, -0.2) is 0 Å². The monoisotopic (exact) mass is 265 g/mol. The van der Waals surface area contributed by atoms with Gasteiger partial charge in [0.25, 0.3) is 5.91 Å². The molecular weight excluding hydrogens is 242 g/mol. The highest BCUT2D eigenvalue weighted by atomic mass is 16.5. The Morgan fingerprint density at radius 2 is 2.16 bits per heavy atom. The van der Waals surface area contributed by atoms with Gasteiger partial charge in [-0.3, -0.25) is 4.79 Å². The van der Waals surface area contributed by atoms with E-state index >= 15 is 0 Å². The van der Waals surface area contributed by atoms with Gasteiger partial charge in [0.15, 0.2) is 0 Å². The lowest BCUT2D eigenvalue weighted by Gasteiger charge is -2.14. The molecule has 1 unspecified atom stereocenters. The Morgan fingerprint density at radius 3 is 2.79 bits per heavy atom. The number of nitrogens with one attached hydrogen (secondary N) is 1. The zero-order valence-electron chi connectivity index (χ0n) is 11.9. The van der Waals surface area contributed by atoms with Crippen LogP contribution < -0.4 is 10.1 Å². The summed E-state index contributed by atoms with van der Waals surface area (Å²) >= 11 is 0. The Kier molecular flexibility index (Phi) is 6.19. The number of carbonyl (C=O) groups is 1. The molecule has 0 spiro atoms. The SMILES string of the molecule is CCCCCC(C)NC(=O)c1cc(OC)ccc1O. The van der Waals surface area contributed by atoms with Crippen molar-refractivity contribution in [2.45, 2.75) is 45.6 Å². The molecule has 0 aliphatic heterocycles. The lowest BCUT2D eigenvalue weighted by atomic mass is 10.1. The van der Waals surface area contributed by atoms with Crippen LogP contribution in [-0.4, -0.2) is 24.2 Å². The van der Waals surface area contributed by atoms with E-state index in [-0.39, 0.29) is 23.3 Å². The van der Waals surface area contributed by atoms with Gasteiger partial charge in [-0.05, 0) is 31.5 Å². The third-order valence-corrected chi connectivity index (χ3v) is 3.07. The molecule has 1 aromatic rings. The smallest absolute Gasteiger partial charge is 0.255 e. The number of unbranched alkanes of at least 4 members (excludes halogenated alkanes) is 2. The molecule has 0 fully saturated rings. The van der Waals surface area contributed by atoms with Gasteiger partial charge >= 0.3 is 0 Å². The lowest BCUT2D eigenvalue weighted by Crippen LogP contribution is -2.32. The van der Waals surface area contributed by atoms with Crippen LogP contribution in [-0.2, 0) is 0 Å². The average Bonchev–Trinajstić information content (AvgIpc) is 2.39. The fourth-order valence-corrected chi connectivity index (χ4v) is 1.90. The molecule has 1 amide bonds. The van der Waals surface area contributed by atoms with E-state index in [1.807, 2.05) is 6.92 Å². The van der Waals surface area contributed by atoms with E-state index in [9.17, 15) is 9.90 Å². The second-order valence-electron chi connectivity index (χ2n) is 4.75. The van der Waals surface area contributed by atoms with Crippen LogP contribution in [0.4, 0.5) is 0 Å². The topological polar surface area (TPSA) is 58.6 Å². The molecule has 4 nitrogen and oxygen atoms in total. The number of hydrogen-bond acceptors (Lipinski definition) is 3. The summed E-state index contributed by atoms with van der Waals surface area (Å²) in [6.45, 7) is 4.13. The molecule has 0 heterocycles. The largest absolute Gasteiger partial charge is 0.507 e. The zero-order valence-corrected chi connectivity index (χ0v) is 11.9. The first-order valence-corrected chi connectivity index (χ1v) is 6.76. The molecule has 0 bridgehead atoms. The third-order valence-electron chi connectivity index (χ3n) is 3.07. The number of hydrogen-bond donors (Lipinski definition) is 2. The van der Waals surface area contributed by atoms with Crippen LogP contribution >= 0.6 is 0 Å². The van der Waals surface area contributed by atoms with Crippen molar-refractivity contribution in [1.82, 2.24) is 5.32 Å². The summed E-state index contributed by atoms with van der Waals surface area (Å²) in [4.78, 5) is 12.1. The number of ether oxygens (including phenoxy) is 1. The average molecular weight is 265 g/mol. The lowest BCUT2D eigenvalue weighted by molar-refractivity contribution is 0.0935. The van der Waals surface area contributed by atoms with Crippen molar-refractivity contribution < 1.29 is 14.6 Å². The van der Waals surface area contributed by atoms with Crippen LogP contribution in [0.5, 0.6) is 11.5 Å². The van der Waals surface area contributed by atoms with Gasteiger partial charge in [-0.1, -0.05) is 26.2 Å². The van der Waals surface area contributed by atoms with Crippen LogP contribution in [0.1, 0.15) is 49.9 Å². The summed E-state index contributed by atoms with van der Waals surface area (Å²) in [5.74, 6) is 0.265. The van der Waals surface area contributed by atoms with E-state index in [1.165, 1.54) is 19.6 Å². The summed E-state index contributed by atoms with van der Waals surface area (Å²) in [6, 6.07) is 4.74. The van der Waals surface area contributed by atoms with E-state index in [4.69, 9.17) is 4.74 Å². The maximum Gasteiger partial charge on any atom is 0.255 e. The van der Waals surface area contributed by atoms with Crippen LogP contribution in [0.3, 0.4) is 0 Å². The van der Waals surface area contributed by atoms with Crippen LogP contribution in [0, 0.1) is 0 Å². The van der Waals surface area contributed by atoms with Gasteiger partial charge in [0, 0.05) is 6.04 Å². The number of benzene rings is 1. The van der Waals surface area contributed by atoms with Gasteiger partial charge in [0.2, 0.25) is 0 Å². The molecule has 1 atom stereocenters. The standard InChI is InChI=1S/C15H23NO3/c1-4-5-6-7-11(2)16-15(18)13-10-12(19-3)8-9-14(13)17/h8-11,17H,4-7H2,1-3H3,(H,16,18). The molecule has 0 saturated carbocycles. The fraction of sp³-hybridized carbons (Fsp3) is 0.533. The highest BCUT2D eigenvalue weighted by Crippen LogP contribution is 2.22. The Labute approximate surface area is 114 Å². The van der Waals surface area contributed by atoms with E-state index in [1.54, 1.807) is 12.1 Å². The number of phenolic OH excluding ortho intramolecular Hbond substituents is 1. The number of carbonyl (C=O) groups excluding carboxylic acids is 1. The molecule has 19 heavy (non-hydrogen) atoms. The van der Waals surface area contributed by atoms with Crippen LogP contribution in [0.25, 0.3) is 0 Å². The first-order valence-electron chi connectivity index (χ1n) is 6.76. The number of rotatable bonds is 7. The predicted octanol–water partition coefficient (Wildman–Crippen LogP) is 3.10. The third kappa shape index (κ3) is 4.81. The van der Waals surface area contributed by atoms with Gasteiger partial charge in [0.1, 0.15) is 11.5 Å². The first-order chi connectivity index (χ1) is 9.08. The minimum Gasteiger partial charge on any atom is -0.507 e. The normalized spacial score (nSPS) is 11.9.